The van der Waals surface area contributed by atoms with Gasteiger partial charge in [-0.1, -0.05) is 142 Å². The molecular weight excluding hydrogens is 1680 g/mol. The number of ether oxygens (including phenoxy) is 10. The van der Waals surface area contributed by atoms with Crippen molar-refractivity contribution in [3.63, 3.8) is 0 Å². The molecule has 0 aromatic carbocycles. The van der Waals surface area contributed by atoms with E-state index < -0.39 is 162 Å². The van der Waals surface area contributed by atoms with E-state index in [1.54, 1.807) is 89.4 Å². The smallest absolute Gasteiger partial charge is 0.329 e. The molecule has 4 saturated heterocycles. The molecule has 31 atom stereocenters. The number of aliphatic hydroxyl groups excluding tert-OH is 6. The van der Waals surface area contributed by atoms with Gasteiger partial charge in [-0.05, 0) is 220 Å². The molecule has 0 radical (unpaired) electrons. The minimum Gasteiger partial charge on any atom is -0.460 e. The Hall–Kier alpha value is -6.16. The quantitative estimate of drug-likeness (QED) is 0.0541. The molecule has 8 aliphatic rings. The predicted octanol–water partition coefficient (Wildman–Crippen LogP) is 12.6. The number of rotatable bonds is 11. The van der Waals surface area contributed by atoms with E-state index in [2.05, 4.69) is 11.7 Å². The third-order valence-electron chi connectivity index (χ3n) is 29.1. The van der Waals surface area contributed by atoms with Crippen LogP contribution in [0, 0.1) is 71.0 Å². The molecule has 0 aromatic rings. The highest BCUT2D eigenvalue weighted by Gasteiger charge is 2.56. The van der Waals surface area contributed by atoms with Crippen LogP contribution in [0.3, 0.4) is 0 Å². The van der Waals surface area contributed by atoms with Crippen LogP contribution in [0.2, 0.25) is 0 Å². The average Bonchev–Trinajstić information content (AvgIpc) is 0.782. The number of hydrogen-bond acceptors (Lipinski definition) is 26. The highest BCUT2D eigenvalue weighted by molar-refractivity contribution is 6.39. The average molecular weight is 1850 g/mol. The molecule has 131 heavy (non-hydrogen) atoms. The second-order valence-electron chi connectivity index (χ2n) is 39.7. The van der Waals surface area contributed by atoms with Gasteiger partial charge < -0.3 is 98.0 Å². The number of ketones is 4. The molecule has 2 saturated carbocycles. The number of hydrogen-bond donors (Lipinski definition) is 8. The molecule has 744 valence electrons. The summed E-state index contributed by atoms with van der Waals surface area (Å²) >= 11 is 0. The second-order valence-corrected chi connectivity index (χ2v) is 39.7. The number of amides is 2. The van der Waals surface area contributed by atoms with E-state index in [0.29, 0.717) is 127 Å². The normalized spacial score (nSPS) is 39.3. The lowest BCUT2D eigenvalue weighted by atomic mass is 9.78. The summed E-state index contributed by atoms with van der Waals surface area (Å²) in [4.78, 5) is 115. The van der Waals surface area contributed by atoms with Crippen LogP contribution < -0.4 is 0 Å². The van der Waals surface area contributed by atoms with E-state index >= 15 is 0 Å². The van der Waals surface area contributed by atoms with Gasteiger partial charge >= 0.3 is 11.9 Å². The summed E-state index contributed by atoms with van der Waals surface area (Å²) in [6.45, 7) is 26.1. The van der Waals surface area contributed by atoms with Crippen molar-refractivity contribution in [2.24, 2.45) is 71.0 Å². The summed E-state index contributed by atoms with van der Waals surface area (Å²) in [5.74, 6) is -14.1. The van der Waals surface area contributed by atoms with Gasteiger partial charge in [0, 0.05) is 125 Å². The largest absolute Gasteiger partial charge is 0.460 e. The van der Waals surface area contributed by atoms with Crippen molar-refractivity contribution in [2.45, 2.75) is 373 Å². The van der Waals surface area contributed by atoms with Crippen molar-refractivity contribution >= 4 is 46.9 Å². The van der Waals surface area contributed by atoms with E-state index in [9.17, 15) is 79.2 Å². The van der Waals surface area contributed by atoms with Gasteiger partial charge in [-0.2, -0.15) is 0 Å². The van der Waals surface area contributed by atoms with E-state index in [4.69, 9.17) is 42.6 Å². The molecular formula is C103H166N2O26. The first kappa shape index (κ1) is 114. The third kappa shape index (κ3) is 33.1. The fraction of sp³-hybridized carbons (Fsp3) is 0.767. The Balaban J connectivity index is 0.000000392. The number of methoxy groups -OCH3 is 6. The fourth-order valence-electron chi connectivity index (χ4n) is 20.2. The number of esters is 2. The zero-order valence-electron chi connectivity index (χ0n) is 82.6. The molecule has 28 heteroatoms. The molecule has 6 heterocycles. The lowest BCUT2D eigenvalue weighted by Crippen LogP contribution is -2.61. The Morgan fingerprint density at radius 1 is 0.450 bits per heavy atom. The van der Waals surface area contributed by atoms with Crippen molar-refractivity contribution in [3.05, 3.63) is 95.2 Å². The van der Waals surface area contributed by atoms with E-state index in [0.717, 1.165) is 24.0 Å². The summed E-state index contributed by atoms with van der Waals surface area (Å²) in [6, 6.07) is -2.22. The van der Waals surface area contributed by atoms with E-state index in [1.807, 2.05) is 116 Å². The van der Waals surface area contributed by atoms with Crippen LogP contribution in [0.5, 0.6) is 0 Å². The molecule has 0 aromatic heterocycles. The number of Topliss-reactive ketones (excluding diaryl/α,β-unsaturated/α-hetero) is 4. The van der Waals surface area contributed by atoms with Crippen molar-refractivity contribution < 1.29 is 127 Å². The van der Waals surface area contributed by atoms with Crippen LogP contribution in [-0.4, -0.2) is 276 Å². The van der Waals surface area contributed by atoms with Gasteiger partial charge in [-0.15, -0.1) is 0 Å². The van der Waals surface area contributed by atoms with Crippen LogP contribution in [0.25, 0.3) is 0 Å². The molecule has 28 nitrogen and oxygen atoms in total. The van der Waals surface area contributed by atoms with Crippen molar-refractivity contribution in [1.82, 2.24) is 9.80 Å². The van der Waals surface area contributed by atoms with Crippen LogP contribution in [0.1, 0.15) is 257 Å². The number of cyclic esters (lactones) is 2. The third-order valence-corrected chi connectivity index (χ3v) is 29.1. The van der Waals surface area contributed by atoms with Crippen molar-refractivity contribution in [2.75, 3.05) is 62.9 Å². The summed E-state index contributed by atoms with van der Waals surface area (Å²) in [7, 11) is 11.0. The van der Waals surface area contributed by atoms with Crippen molar-refractivity contribution in [1.29, 1.82) is 0 Å². The molecule has 0 spiro atoms. The first-order chi connectivity index (χ1) is 61.9. The minimum atomic E-state index is -2.42. The number of nitrogens with zero attached hydrogens (tertiary/aromatic N) is 2. The first-order valence-electron chi connectivity index (χ1n) is 48.5. The van der Waals surface area contributed by atoms with E-state index in [1.165, 1.54) is 16.9 Å². The molecule has 6 aliphatic heterocycles. The summed E-state index contributed by atoms with van der Waals surface area (Å²) < 4.78 is 57.6. The summed E-state index contributed by atoms with van der Waals surface area (Å²) in [5.41, 5.74) is 2.79. The molecule has 2 amide bonds. The van der Waals surface area contributed by atoms with Gasteiger partial charge in [0.25, 0.3) is 23.4 Å². The minimum absolute atomic E-state index is 0.0359. The van der Waals surface area contributed by atoms with Gasteiger partial charge in [0.15, 0.2) is 0 Å². The Bertz CT molecular complexity index is 3870. The SMILES string of the molecule is COC.CO[C@H]1C[C@@H]2CC[C@@H](C)[C@@](O)(O2)C(=O)C(=O)N2CCCCC2C(=O)O[C@H]([C@H](C)CC2CC[C@@H](O)[C@H](OC)C2)CC(=O)[C@H](C)/C=C(\C)[C@H](O)CC(=O)[C@H](C)C[C@H](C)/C=C/C=CC=C1C.CO[C@H]1[C@@H](O)[C@H](C)C[C@H](C)/C=C/C=CC=C(C)[C@@H](OC)C[C@@H]2CC[C@@H](C)[C@@](O)(O2)C(=O)C(=O)N2CCCCC2C(=O)O[C@H]([C@H](C)CC2CCC(O)[C@H](OC)C2)C[C@H](O)[C@H](C)/C=C(\C)[C@@H]1O. The molecule has 5 unspecified atom stereocenters. The van der Waals surface area contributed by atoms with Gasteiger partial charge in [-0.3, -0.25) is 28.8 Å². The zero-order valence-corrected chi connectivity index (χ0v) is 82.6. The van der Waals surface area contributed by atoms with Gasteiger partial charge in [0.05, 0.1) is 67.1 Å². The maximum absolute atomic E-state index is 14.4. The molecule has 8 N–H and O–H groups in total. The van der Waals surface area contributed by atoms with Crippen LogP contribution in [0.4, 0.5) is 0 Å². The highest BCUT2D eigenvalue weighted by atomic mass is 16.6. The second kappa shape index (κ2) is 55.3. The molecule has 2 aliphatic carbocycles. The van der Waals surface area contributed by atoms with Crippen LogP contribution in [0.15, 0.2) is 95.2 Å². The van der Waals surface area contributed by atoms with Crippen LogP contribution in [-0.2, 0) is 85.7 Å². The molecule has 6 fully saturated rings. The standard InChI is InChI=1S/C51H83NO13.C50H77NO12.C2H6O/c1-30-16-12-11-13-17-31(2)42(61-8)28-38-21-19-36(7)51(60,65-38)48(57)49(58)52-23-15-14-18-39(52)50(59)64-43(33(4)26-37-20-22-40(53)44(27-37)62-9)29-41(54)32(3)25-35(6)46(56)47(63-10)45(55)34(5)24-30;1-30-15-11-10-12-16-31(2)44(60-8)27-38-20-18-36(7)50(59,63-38)47(56)48(57)51-22-14-13-17-39(51)49(58)62-45(35(6)25-37-19-21-40(52)46(26-37)61-9)29-43(55)34(5)24-33(4)42(54)28-41(53)32(3)23-30;1-3-2/h11-13,16-17,25,30,32-34,36-47,53-56,60H,14-15,18-24,26-29H2,1-10H3;10-12,15-16,24,30,32,34-40,42,44-46,52,54,59H,13-14,17-23,25-29H2,1-9H3;1-2H3/b13-11?,16-12+,31-17?,35-25+;12-10?,15-11+,31-16?,33-24+;/t30-,32-,33-,34-,36-,37?,38+,39?,40?,41+,42+,43+,44-,45+,46+,47+,51-;30-,32-,34-,35-,36-,37?,38+,39?,40-,42-,44+,45+,46-,50-;/m11./s1. The maximum Gasteiger partial charge on any atom is 0.329 e. The molecule has 4 bridgehead atoms. The Morgan fingerprint density at radius 3 is 1.34 bits per heavy atom. The Morgan fingerprint density at radius 2 is 0.893 bits per heavy atom. The number of carbonyl (C=O) groups excluding carboxylic acids is 8. The number of fused-ring (bicyclic) bond motifs is 6. The zero-order chi connectivity index (χ0) is 97.5. The van der Waals surface area contributed by atoms with Gasteiger partial charge in [0.2, 0.25) is 11.6 Å². The number of piperidine rings is 2. The monoisotopic (exact) mass is 1850 g/mol. The highest BCUT2D eigenvalue weighted by Crippen LogP contribution is 2.42. The lowest BCUT2D eigenvalue weighted by molar-refractivity contribution is -0.265. The summed E-state index contributed by atoms with van der Waals surface area (Å²) in [5, 5.41) is 90.7. The van der Waals surface area contributed by atoms with Crippen molar-refractivity contribution in [3.8, 4) is 0 Å². The molecule has 8 rings (SSSR count). The number of carbonyl (C=O) groups is 8. The predicted molar refractivity (Wildman–Crippen MR) is 499 cm³/mol. The maximum atomic E-state index is 14.4. The van der Waals surface area contributed by atoms with Gasteiger partial charge in [-0.25, -0.2) is 9.59 Å². The fourth-order valence-corrected chi connectivity index (χ4v) is 20.2. The Labute approximate surface area is 781 Å². The number of allylic oxidation sites excluding steroid dienone is 11. The Kier molecular flexibility index (Phi) is 47.9. The van der Waals surface area contributed by atoms with Gasteiger partial charge in [0.1, 0.15) is 48.1 Å². The van der Waals surface area contributed by atoms with E-state index in [-0.39, 0.29) is 116 Å². The van der Waals surface area contributed by atoms with Crippen LogP contribution >= 0.6 is 0 Å². The lowest BCUT2D eigenvalue weighted by Gasteiger charge is -2.43. The number of aliphatic hydroxyl groups is 8. The summed E-state index contributed by atoms with van der Waals surface area (Å²) in [6.07, 6.45) is 23.5. The topological polar surface area (TPSA) is 397 Å². The first-order valence-corrected chi connectivity index (χ1v) is 48.5.